The third-order valence-corrected chi connectivity index (χ3v) is 3.52. The number of carbonyl (C=O) groups is 1. The van der Waals surface area contributed by atoms with Crippen LogP contribution in [0.3, 0.4) is 0 Å². The molecule has 0 bridgehead atoms. The highest BCUT2D eigenvalue weighted by molar-refractivity contribution is 5.81. The lowest BCUT2D eigenvalue weighted by Crippen LogP contribution is -2.51. The number of benzene rings is 1. The van der Waals surface area contributed by atoms with Gasteiger partial charge in [0, 0.05) is 0 Å². The first-order valence-corrected chi connectivity index (χ1v) is 6.27. The zero-order chi connectivity index (χ0) is 12.3. The van der Waals surface area contributed by atoms with E-state index in [1.54, 1.807) is 0 Å². The molecule has 2 rings (SSSR count). The third-order valence-electron chi connectivity index (χ3n) is 3.52. The maximum absolute atomic E-state index is 11.7. The molecule has 0 fully saturated rings. The summed E-state index contributed by atoms with van der Waals surface area (Å²) in [5.41, 5.74) is 1.25. The summed E-state index contributed by atoms with van der Waals surface area (Å²) < 4.78 is 0. The first-order valence-electron chi connectivity index (χ1n) is 6.27. The lowest BCUT2D eigenvalue weighted by molar-refractivity contribution is -0.146. The van der Waals surface area contributed by atoms with Gasteiger partial charge in [0.05, 0.1) is 0 Å². The smallest absolute Gasteiger partial charge is 0.328 e. The predicted molar refractivity (Wildman–Crippen MR) is 67.0 cm³/mol. The van der Waals surface area contributed by atoms with E-state index in [4.69, 9.17) is 0 Å². The molecule has 1 aromatic rings. The summed E-state index contributed by atoms with van der Waals surface area (Å²) in [4.78, 5) is 11.7. The monoisotopic (exact) mass is 233 g/mol. The predicted octanol–water partition coefficient (Wildman–Crippen LogP) is 2.30. The second kappa shape index (κ2) is 4.88. The van der Waals surface area contributed by atoms with Gasteiger partial charge in [0.25, 0.3) is 0 Å². The Morgan fingerprint density at radius 2 is 2.24 bits per heavy atom. The summed E-state index contributed by atoms with van der Waals surface area (Å²) in [6.07, 6.45) is 3.54. The van der Waals surface area contributed by atoms with Gasteiger partial charge >= 0.3 is 5.97 Å². The van der Waals surface area contributed by atoms with Crippen LogP contribution in [0.1, 0.15) is 37.3 Å². The quantitative estimate of drug-likeness (QED) is 0.839. The van der Waals surface area contributed by atoms with E-state index in [-0.39, 0.29) is 0 Å². The van der Waals surface area contributed by atoms with Gasteiger partial charge in [-0.3, -0.25) is 5.32 Å². The first-order chi connectivity index (χ1) is 8.20. The second-order valence-electron chi connectivity index (χ2n) is 4.65. The fraction of sp³-hybridized carbons (Fsp3) is 0.500. The number of rotatable bonds is 4. The summed E-state index contributed by atoms with van der Waals surface area (Å²) >= 11 is 0. The van der Waals surface area contributed by atoms with E-state index in [9.17, 15) is 9.90 Å². The minimum Gasteiger partial charge on any atom is -0.480 e. The van der Waals surface area contributed by atoms with Crippen LogP contribution in [-0.4, -0.2) is 17.6 Å². The largest absolute Gasteiger partial charge is 0.480 e. The fourth-order valence-corrected chi connectivity index (χ4v) is 2.65. The molecule has 0 aliphatic heterocycles. The van der Waals surface area contributed by atoms with Crippen LogP contribution in [0.5, 0.6) is 0 Å². The highest BCUT2D eigenvalue weighted by atomic mass is 16.4. The van der Waals surface area contributed by atoms with Crippen LogP contribution >= 0.6 is 0 Å². The topological polar surface area (TPSA) is 49.3 Å². The van der Waals surface area contributed by atoms with E-state index in [2.05, 4.69) is 12.2 Å². The molecule has 0 aromatic heterocycles. The molecule has 0 heterocycles. The molecular weight excluding hydrogens is 214 g/mol. The molecule has 0 spiro atoms. The molecule has 17 heavy (non-hydrogen) atoms. The summed E-state index contributed by atoms with van der Waals surface area (Å²) in [6, 6.07) is 7.90. The van der Waals surface area contributed by atoms with E-state index in [1.807, 2.05) is 24.3 Å². The van der Waals surface area contributed by atoms with Gasteiger partial charge in [-0.05, 0) is 43.4 Å². The number of carboxylic acids is 1. The maximum Gasteiger partial charge on any atom is 0.328 e. The normalized spacial score (nSPS) is 23.1. The summed E-state index contributed by atoms with van der Waals surface area (Å²) in [5, 5.41) is 12.8. The van der Waals surface area contributed by atoms with Crippen molar-refractivity contribution in [2.75, 3.05) is 6.54 Å². The van der Waals surface area contributed by atoms with Crippen molar-refractivity contribution in [1.82, 2.24) is 5.32 Å². The van der Waals surface area contributed by atoms with E-state index >= 15 is 0 Å². The van der Waals surface area contributed by atoms with Gasteiger partial charge < -0.3 is 5.11 Å². The van der Waals surface area contributed by atoms with E-state index in [1.165, 1.54) is 5.56 Å². The number of fused-ring (bicyclic) bond motifs is 1. The van der Waals surface area contributed by atoms with Gasteiger partial charge in [-0.25, -0.2) is 4.79 Å². The van der Waals surface area contributed by atoms with Crippen LogP contribution in [0.15, 0.2) is 24.3 Å². The van der Waals surface area contributed by atoms with Gasteiger partial charge in [-0.2, -0.15) is 0 Å². The standard InChI is InChI=1S/C14H19NO2/c1-2-10-15-14(13(16)17)9-5-7-11-6-3-4-8-12(11)14/h3-4,6,8,15H,2,5,7,9-10H2,1H3,(H,16,17). The van der Waals surface area contributed by atoms with Gasteiger partial charge in [0.1, 0.15) is 5.54 Å². The van der Waals surface area contributed by atoms with Gasteiger partial charge in [-0.15, -0.1) is 0 Å². The molecule has 92 valence electrons. The molecule has 1 unspecified atom stereocenters. The average molecular weight is 233 g/mol. The van der Waals surface area contributed by atoms with Crippen molar-refractivity contribution in [1.29, 1.82) is 0 Å². The minimum atomic E-state index is -0.870. The minimum absolute atomic E-state index is 0.680. The number of aryl methyl sites for hydroxylation is 1. The van der Waals surface area contributed by atoms with Crippen molar-refractivity contribution >= 4 is 5.97 Å². The Morgan fingerprint density at radius 1 is 1.47 bits per heavy atom. The van der Waals surface area contributed by atoms with E-state index in [0.29, 0.717) is 6.42 Å². The SMILES string of the molecule is CCCNC1(C(=O)O)CCCc2ccccc21. The molecule has 3 heteroatoms. The van der Waals surface area contributed by atoms with Crippen molar-refractivity contribution in [3.8, 4) is 0 Å². The zero-order valence-electron chi connectivity index (χ0n) is 10.2. The van der Waals surface area contributed by atoms with Crippen LogP contribution in [0.2, 0.25) is 0 Å². The van der Waals surface area contributed by atoms with Crippen LogP contribution < -0.4 is 5.32 Å². The molecule has 0 saturated carbocycles. The van der Waals surface area contributed by atoms with Crippen molar-refractivity contribution < 1.29 is 9.90 Å². The average Bonchev–Trinajstić information content (AvgIpc) is 2.36. The highest BCUT2D eigenvalue weighted by Gasteiger charge is 2.42. The number of aliphatic carboxylic acids is 1. The second-order valence-corrected chi connectivity index (χ2v) is 4.65. The maximum atomic E-state index is 11.7. The molecule has 1 aliphatic carbocycles. The lowest BCUT2D eigenvalue weighted by Gasteiger charge is -2.36. The van der Waals surface area contributed by atoms with Crippen LogP contribution in [-0.2, 0) is 16.8 Å². The Labute approximate surface area is 102 Å². The fourth-order valence-electron chi connectivity index (χ4n) is 2.65. The Kier molecular flexibility index (Phi) is 3.48. The molecule has 0 radical (unpaired) electrons. The van der Waals surface area contributed by atoms with Gasteiger partial charge in [0.2, 0.25) is 0 Å². The van der Waals surface area contributed by atoms with Crippen molar-refractivity contribution in [2.45, 2.75) is 38.1 Å². The molecular formula is C14H19NO2. The van der Waals surface area contributed by atoms with E-state index in [0.717, 1.165) is 31.4 Å². The molecule has 3 nitrogen and oxygen atoms in total. The van der Waals surface area contributed by atoms with Crippen molar-refractivity contribution in [3.05, 3.63) is 35.4 Å². The molecule has 0 amide bonds. The Bertz CT molecular complexity index is 416. The summed E-state index contributed by atoms with van der Waals surface area (Å²) in [6.45, 7) is 2.79. The lowest BCUT2D eigenvalue weighted by atomic mass is 9.76. The third kappa shape index (κ3) is 2.07. The summed E-state index contributed by atoms with van der Waals surface area (Å²) in [7, 11) is 0. The van der Waals surface area contributed by atoms with E-state index < -0.39 is 11.5 Å². The molecule has 1 aromatic carbocycles. The van der Waals surface area contributed by atoms with Gasteiger partial charge in [-0.1, -0.05) is 31.2 Å². The Morgan fingerprint density at radius 3 is 2.94 bits per heavy atom. The molecule has 0 saturated heterocycles. The van der Waals surface area contributed by atoms with Crippen molar-refractivity contribution in [2.24, 2.45) is 0 Å². The number of hydrogen-bond donors (Lipinski definition) is 2. The Hall–Kier alpha value is -1.35. The number of hydrogen-bond acceptors (Lipinski definition) is 2. The highest BCUT2D eigenvalue weighted by Crippen LogP contribution is 2.35. The first kappa shape index (κ1) is 12.1. The number of nitrogens with one attached hydrogen (secondary N) is 1. The molecule has 2 N–H and O–H groups in total. The Balaban J connectivity index is 2.43. The number of carboxylic acid groups (broad SMARTS) is 1. The zero-order valence-corrected chi connectivity index (χ0v) is 10.2. The van der Waals surface area contributed by atoms with Crippen LogP contribution in [0.4, 0.5) is 0 Å². The van der Waals surface area contributed by atoms with Crippen molar-refractivity contribution in [3.63, 3.8) is 0 Å². The van der Waals surface area contributed by atoms with Crippen LogP contribution in [0.25, 0.3) is 0 Å². The molecule has 1 atom stereocenters. The summed E-state index contributed by atoms with van der Waals surface area (Å²) in [5.74, 6) is -0.752. The van der Waals surface area contributed by atoms with Gasteiger partial charge in [0.15, 0.2) is 0 Å². The molecule has 1 aliphatic rings. The van der Waals surface area contributed by atoms with Crippen LogP contribution in [0, 0.1) is 0 Å².